The number of pyridine rings is 1. The van der Waals surface area contributed by atoms with E-state index in [1.54, 1.807) is 31.2 Å². The maximum atomic E-state index is 15.2. The third-order valence-electron chi connectivity index (χ3n) is 5.57. The van der Waals surface area contributed by atoms with Crippen molar-refractivity contribution < 1.29 is 30.7 Å². The third-order valence-corrected chi connectivity index (χ3v) is 7.15. The lowest BCUT2D eigenvalue weighted by molar-refractivity contribution is -0.140. The Morgan fingerprint density at radius 3 is 2.34 bits per heavy atom. The summed E-state index contributed by atoms with van der Waals surface area (Å²) in [6, 6.07) is 6.65. The molecule has 2 rings (SSSR count). The zero-order valence-electron chi connectivity index (χ0n) is 20.1. The van der Waals surface area contributed by atoms with Gasteiger partial charge < -0.3 is 9.64 Å². The van der Waals surface area contributed by atoms with Crippen LogP contribution in [-0.2, 0) is 22.6 Å². The molecule has 2 atom stereocenters. The van der Waals surface area contributed by atoms with E-state index in [1.165, 1.54) is 12.0 Å². The molecule has 1 unspecified atom stereocenters. The molecule has 192 valence electrons. The van der Waals surface area contributed by atoms with E-state index in [1.807, 2.05) is 26.0 Å². The number of halogens is 4. The molecule has 0 bridgehead atoms. The summed E-state index contributed by atoms with van der Waals surface area (Å²) in [5, 5.41) is -1.22. The van der Waals surface area contributed by atoms with Gasteiger partial charge in [-0.3, -0.25) is 0 Å². The van der Waals surface area contributed by atoms with Crippen LogP contribution in [0.3, 0.4) is 0 Å². The molecule has 0 aliphatic heterocycles. The minimum atomic E-state index is -5.11. The molecule has 1 heterocycles. The average Bonchev–Trinajstić information content (AvgIpc) is 2.80. The Labute approximate surface area is 204 Å². The predicted octanol–water partition coefficient (Wildman–Crippen LogP) is 6.21. The van der Waals surface area contributed by atoms with Gasteiger partial charge in [-0.2, -0.15) is 13.2 Å². The van der Waals surface area contributed by atoms with E-state index in [4.69, 9.17) is 4.74 Å². The molecule has 5 nitrogen and oxygen atoms in total. The quantitative estimate of drug-likeness (QED) is 0.264. The van der Waals surface area contributed by atoms with Gasteiger partial charge in [0.05, 0.1) is 18.4 Å². The first-order valence-corrected chi connectivity index (χ1v) is 12.7. The predicted molar refractivity (Wildman–Crippen MR) is 129 cm³/mol. The Kier molecular flexibility index (Phi) is 9.48. The van der Waals surface area contributed by atoms with Gasteiger partial charge in [-0.1, -0.05) is 44.2 Å². The first kappa shape index (κ1) is 28.4. The molecule has 0 radical (unpaired) electrons. The molecule has 0 N–H and O–H groups in total. The van der Waals surface area contributed by atoms with Crippen LogP contribution < -0.4 is 9.64 Å². The lowest BCUT2D eigenvalue weighted by Gasteiger charge is -2.34. The van der Waals surface area contributed by atoms with Crippen LogP contribution in [0.1, 0.15) is 38.3 Å². The molecular weight excluding hydrogens is 484 g/mol. The number of ether oxygens (including phenoxy) is 1. The smallest absolute Gasteiger partial charge is 0.419 e. The van der Waals surface area contributed by atoms with Crippen LogP contribution in [0.4, 0.5) is 23.4 Å². The van der Waals surface area contributed by atoms with Crippen molar-refractivity contribution in [3.63, 3.8) is 0 Å². The first-order valence-electron chi connectivity index (χ1n) is 11.0. The van der Waals surface area contributed by atoms with E-state index in [9.17, 15) is 21.6 Å². The highest BCUT2D eigenvalue weighted by Gasteiger charge is 2.40. The van der Waals surface area contributed by atoms with Gasteiger partial charge in [-0.15, -0.1) is 6.58 Å². The third kappa shape index (κ3) is 7.06. The summed E-state index contributed by atoms with van der Waals surface area (Å²) in [7, 11) is -3.00. The second-order valence-electron chi connectivity index (χ2n) is 8.13. The van der Waals surface area contributed by atoms with Crippen molar-refractivity contribution in [3.8, 4) is 5.75 Å². The molecule has 0 aliphatic carbocycles. The number of allylic oxidation sites excluding steroid dienone is 1. The molecule has 0 saturated heterocycles. The van der Waals surface area contributed by atoms with Gasteiger partial charge in [0.1, 0.15) is 5.75 Å². The largest absolute Gasteiger partial charge is 0.497 e. The number of hydrogen-bond donors (Lipinski definition) is 0. The van der Waals surface area contributed by atoms with Crippen LogP contribution >= 0.6 is 0 Å². The standard InChI is InChI=1S/C25H30F4N2O3S/c1-6-8-9-17(3)18(4)31(16-19-10-12-20(34-5)13-11-19)23-22(26)15-21(25(27,28)29)24(30-23)35(32,33)14-7-2/h7-13,15,17-18H,2,6,14,16H2,1,3-5H3/b9-8-/t17?,18-/m0/s1. The summed E-state index contributed by atoms with van der Waals surface area (Å²) >= 11 is 0. The van der Waals surface area contributed by atoms with Crippen LogP contribution in [0.2, 0.25) is 0 Å². The maximum Gasteiger partial charge on any atom is 0.419 e. The summed E-state index contributed by atoms with van der Waals surface area (Å²) in [6.45, 7) is 8.99. The topological polar surface area (TPSA) is 59.5 Å². The minimum Gasteiger partial charge on any atom is -0.497 e. The second-order valence-corrected chi connectivity index (χ2v) is 10.1. The highest BCUT2D eigenvalue weighted by molar-refractivity contribution is 7.91. The van der Waals surface area contributed by atoms with Crippen LogP contribution in [0.25, 0.3) is 0 Å². The lowest BCUT2D eigenvalue weighted by atomic mass is 10.00. The number of rotatable bonds is 11. The maximum absolute atomic E-state index is 15.2. The van der Waals surface area contributed by atoms with E-state index >= 15 is 4.39 Å². The van der Waals surface area contributed by atoms with Crippen molar-refractivity contribution >= 4 is 15.7 Å². The normalized spacial score (nSPS) is 14.1. The Morgan fingerprint density at radius 1 is 1.20 bits per heavy atom. The first-order chi connectivity index (χ1) is 16.3. The fourth-order valence-electron chi connectivity index (χ4n) is 3.47. The molecule has 1 aromatic carbocycles. The Balaban J connectivity index is 2.72. The number of anilines is 1. The van der Waals surface area contributed by atoms with Crippen molar-refractivity contribution in [1.29, 1.82) is 0 Å². The van der Waals surface area contributed by atoms with Gasteiger partial charge in [0.15, 0.2) is 26.5 Å². The van der Waals surface area contributed by atoms with Crippen molar-refractivity contribution in [3.05, 3.63) is 72.1 Å². The summed E-state index contributed by atoms with van der Waals surface area (Å²) in [5.41, 5.74) is -0.933. The number of hydrogen-bond acceptors (Lipinski definition) is 5. The molecular formula is C25H30F4N2O3S. The van der Waals surface area contributed by atoms with Gasteiger partial charge >= 0.3 is 6.18 Å². The van der Waals surface area contributed by atoms with Gasteiger partial charge in [-0.05, 0) is 43.0 Å². The lowest BCUT2D eigenvalue weighted by Crippen LogP contribution is -2.38. The number of aromatic nitrogens is 1. The van der Waals surface area contributed by atoms with Crippen LogP contribution in [0.15, 0.2) is 60.2 Å². The molecule has 0 spiro atoms. The highest BCUT2D eigenvalue weighted by atomic mass is 32.2. The van der Waals surface area contributed by atoms with E-state index in [2.05, 4.69) is 11.6 Å². The van der Waals surface area contributed by atoms with E-state index in [-0.39, 0.29) is 18.5 Å². The van der Waals surface area contributed by atoms with Gasteiger partial charge in [0.25, 0.3) is 0 Å². The molecule has 2 aromatic rings. The molecule has 0 saturated carbocycles. The molecule has 10 heteroatoms. The summed E-state index contributed by atoms with van der Waals surface area (Å²) in [5.74, 6) is -2.05. The van der Waals surface area contributed by atoms with Gasteiger partial charge in [-0.25, -0.2) is 17.8 Å². The van der Waals surface area contributed by atoms with E-state index < -0.39 is 50.0 Å². The number of benzene rings is 1. The summed E-state index contributed by atoms with van der Waals surface area (Å²) < 4.78 is 86.6. The van der Waals surface area contributed by atoms with Crippen molar-refractivity contribution in [2.24, 2.45) is 5.92 Å². The Bertz CT molecular complexity index is 1150. The van der Waals surface area contributed by atoms with Crippen molar-refractivity contribution in [1.82, 2.24) is 4.98 Å². The minimum absolute atomic E-state index is 0.0751. The summed E-state index contributed by atoms with van der Waals surface area (Å²) in [6.07, 6.45) is 0.480. The van der Waals surface area contributed by atoms with Crippen LogP contribution in [0, 0.1) is 11.7 Å². The average molecular weight is 515 g/mol. The zero-order chi connectivity index (χ0) is 26.4. The molecule has 0 fully saturated rings. The SMILES string of the molecule is C=CCS(=O)(=O)c1nc(N(Cc2ccc(OC)cc2)[C@@H](C)C(C)/C=C\CC)c(F)cc1C(F)(F)F. The number of alkyl halides is 3. The van der Waals surface area contributed by atoms with Gasteiger partial charge in [0, 0.05) is 12.6 Å². The van der Waals surface area contributed by atoms with E-state index in [0.29, 0.717) is 11.3 Å². The fraction of sp³-hybridized carbons (Fsp3) is 0.400. The zero-order valence-corrected chi connectivity index (χ0v) is 21.0. The van der Waals surface area contributed by atoms with E-state index in [0.717, 1.165) is 12.5 Å². The molecule has 0 aliphatic rings. The Morgan fingerprint density at radius 2 is 1.83 bits per heavy atom. The molecule has 35 heavy (non-hydrogen) atoms. The van der Waals surface area contributed by atoms with Crippen LogP contribution in [-0.4, -0.2) is 32.3 Å². The van der Waals surface area contributed by atoms with Crippen molar-refractivity contribution in [2.75, 3.05) is 17.8 Å². The number of nitrogens with zero attached hydrogens (tertiary/aromatic N) is 2. The number of sulfone groups is 1. The Hall–Kier alpha value is -2.88. The monoisotopic (exact) mass is 514 g/mol. The highest BCUT2D eigenvalue weighted by Crippen LogP contribution is 2.37. The fourth-order valence-corrected chi connectivity index (χ4v) is 4.68. The molecule has 0 amide bonds. The van der Waals surface area contributed by atoms with Crippen molar-refractivity contribution in [2.45, 2.75) is 51.0 Å². The summed E-state index contributed by atoms with van der Waals surface area (Å²) in [4.78, 5) is 5.27. The second kappa shape index (κ2) is 11.7. The number of methoxy groups -OCH3 is 1. The van der Waals surface area contributed by atoms with Gasteiger partial charge in [0.2, 0.25) is 0 Å². The van der Waals surface area contributed by atoms with Crippen LogP contribution in [0.5, 0.6) is 5.75 Å². The molecule has 1 aromatic heterocycles.